The van der Waals surface area contributed by atoms with Crippen molar-refractivity contribution in [3.8, 4) is 11.5 Å². The Hall–Kier alpha value is -1.79. The number of aliphatic hydroxyl groups excluding tert-OH is 1. The SMILES string of the molecule is O=C(c1ccc(O)c(O)c1)N1CCN(CCO)CC1. The van der Waals surface area contributed by atoms with Crippen LogP contribution in [-0.2, 0) is 0 Å². The number of phenolic OH excluding ortho intramolecular Hbond substituents is 2. The van der Waals surface area contributed by atoms with Gasteiger partial charge in [0.05, 0.1) is 6.61 Å². The van der Waals surface area contributed by atoms with Crippen LogP contribution in [0.2, 0.25) is 0 Å². The predicted octanol–water partition coefficient (Wildman–Crippen LogP) is -0.152. The summed E-state index contributed by atoms with van der Waals surface area (Å²) in [5, 5.41) is 27.5. The van der Waals surface area contributed by atoms with E-state index >= 15 is 0 Å². The summed E-state index contributed by atoms with van der Waals surface area (Å²) in [6, 6.07) is 4.08. The van der Waals surface area contributed by atoms with Crippen LogP contribution in [0, 0.1) is 0 Å². The van der Waals surface area contributed by atoms with Gasteiger partial charge in [-0.1, -0.05) is 0 Å². The van der Waals surface area contributed by atoms with Crippen molar-refractivity contribution in [2.24, 2.45) is 0 Å². The summed E-state index contributed by atoms with van der Waals surface area (Å²) in [5.74, 6) is -0.673. The van der Waals surface area contributed by atoms with Crippen LogP contribution in [0.25, 0.3) is 0 Å². The molecule has 1 aliphatic heterocycles. The van der Waals surface area contributed by atoms with E-state index in [1.54, 1.807) is 4.90 Å². The molecular formula is C13H18N2O4. The minimum atomic E-state index is -0.287. The largest absolute Gasteiger partial charge is 0.504 e. The fraction of sp³-hybridized carbons (Fsp3) is 0.462. The maximum atomic E-state index is 12.2. The lowest BCUT2D eigenvalue weighted by atomic mass is 10.1. The maximum absolute atomic E-state index is 12.2. The molecule has 2 rings (SSSR count). The molecule has 0 aromatic heterocycles. The second-order valence-corrected chi connectivity index (χ2v) is 4.56. The second kappa shape index (κ2) is 5.90. The molecule has 0 unspecified atom stereocenters. The van der Waals surface area contributed by atoms with Crippen LogP contribution in [-0.4, -0.2) is 70.4 Å². The smallest absolute Gasteiger partial charge is 0.254 e. The molecule has 1 aliphatic rings. The molecule has 104 valence electrons. The van der Waals surface area contributed by atoms with Gasteiger partial charge < -0.3 is 20.2 Å². The van der Waals surface area contributed by atoms with E-state index in [-0.39, 0.29) is 24.0 Å². The Morgan fingerprint density at radius 2 is 1.79 bits per heavy atom. The molecule has 0 saturated carbocycles. The minimum absolute atomic E-state index is 0.125. The molecule has 1 amide bonds. The molecule has 1 fully saturated rings. The Labute approximate surface area is 111 Å². The molecule has 6 heteroatoms. The average Bonchev–Trinajstić information content (AvgIpc) is 2.42. The first-order valence-corrected chi connectivity index (χ1v) is 6.26. The molecule has 1 heterocycles. The van der Waals surface area contributed by atoms with Crippen LogP contribution >= 0.6 is 0 Å². The summed E-state index contributed by atoms with van der Waals surface area (Å²) >= 11 is 0. The minimum Gasteiger partial charge on any atom is -0.504 e. The van der Waals surface area contributed by atoms with Gasteiger partial charge in [-0.15, -0.1) is 0 Å². The maximum Gasteiger partial charge on any atom is 0.254 e. The average molecular weight is 266 g/mol. The summed E-state index contributed by atoms with van der Waals surface area (Å²) < 4.78 is 0. The van der Waals surface area contributed by atoms with Crippen LogP contribution in [0.15, 0.2) is 18.2 Å². The first-order valence-electron chi connectivity index (χ1n) is 6.26. The predicted molar refractivity (Wildman–Crippen MR) is 69.2 cm³/mol. The Balaban J connectivity index is 1.99. The lowest BCUT2D eigenvalue weighted by Crippen LogP contribution is -2.49. The number of amides is 1. The molecule has 0 spiro atoms. The fourth-order valence-electron chi connectivity index (χ4n) is 2.16. The van der Waals surface area contributed by atoms with Crippen molar-refractivity contribution in [3.05, 3.63) is 23.8 Å². The van der Waals surface area contributed by atoms with Crippen molar-refractivity contribution in [3.63, 3.8) is 0 Å². The van der Waals surface area contributed by atoms with Gasteiger partial charge >= 0.3 is 0 Å². The van der Waals surface area contributed by atoms with E-state index < -0.39 is 0 Å². The highest BCUT2D eigenvalue weighted by atomic mass is 16.3. The number of aliphatic hydroxyl groups is 1. The van der Waals surface area contributed by atoms with Gasteiger partial charge in [0.1, 0.15) is 0 Å². The van der Waals surface area contributed by atoms with Crippen molar-refractivity contribution in [2.45, 2.75) is 0 Å². The van der Waals surface area contributed by atoms with Crippen LogP contribution in [0.4, 0.5) is 0 Å². The monoisotopic (exact) mass is 266 g/mol. The lowest BCUT2D eigenvalue weighted by molar-refractivity contribution is 0.0614. The van der Waals surface area contributed by atoms with Crippen molar-refractivity contribution < 1.29 is 20.1 Å². The zero-order valence-electron chi connectivity index (χ0n) is 10.6. The van der Waals surface area contributed by atoms with Gasteiger partial charge in [-0.3, -0.25) is 9.69 Å². The van der Waals surface area contributed by atoms with E-state index in [1.165, 1.54) is 18.2 Å². The van der Waals surface area contributed by atoms with Gasteiger partial charge in [0.25, 0.3) is 5.91 Å². The van der Waals surface area contributed by atoms with Crippen LogP contribution in [0.1, 0.15) is 10.4 Å². The van der Waals surface area contributed by atoms with Crippen LogP contribution in [0.3, 0.4) is 0 Å². The number of benzene rings is 1. The topological polar surface area (TPSA) is 84.2 Å². The Morgan fingerprint density at radius 3 is 2.37 bits per heavy atom. The van der Waals surface area contributed by atoms with E-state index in [2.05, 4.69) is 4.90 Å². The number of carbonyl (C=O) groups is 1. The van der Waals surface area contributed by atoms with E-state index in [0.717, 1.165) is 13.1 Å². The molecular weight excluding hydrogens is 248 g/mol. The molecule has 0 aliphatic carbocycles. The quantitative estimate of drug-likeness (QED) is 0.663. The first-order chi connectivity index (χ1) is 9.11. The van der Waals surface area contributed by atoms with Crippen LogP contribution < -0.4 is 0 Å². The number of nitrogens with zero attached hydrogens (tertiary/aromatic N) is 2. The highest BCUT2D eigenvalue weighted by Gasteiger charge is 2.22. The molecule has 0 radical (unpaired) electrons. The molecule has 1 aromatic carbocycles. The number of phenols is 2. The zero-order valence-corrected chi connectivity index (χ0v) is 10.6. The number of piperazine rings is 1. The third kappa shape index (κ3) is 3.15. The number of aromatic hydroxyl groups is 2. The standard InChI is InChI=1S/C13H18N2O4/c16-8-7-14-3-5-15(6-4-14)13(19)10-1-2-11(17)12(18)9-10/h1-2,9,16-18H,3-8H2. The van der Waals surface area contributed by atoms with E-state index in [9.17, 15) is 15.0 Å². The van der Waals surface area contributed by atoms with Gasteiger partial charge in [0.2, 0.25) is 0 Å². The van der Waals surface area contributed by atoms with E-state index in [4.69, 9.17) is 5.11 Å². The van der Waals surface area contributed by atoms with E-state index in [1.807, 2.05) is 0 Å². The second-order valence-electron chi connectivity index (χ2n) is 4.56. The number of hydrogen-bond donors (Lipinski definition) is 3. The van der Waals surface area contributed by atoms with Gasteiger partial charge in [-0.05, 0) is 18.2 Å². The first kappa shape index (κ1) is 13.6. The summed E-state index contributed by atoms with van der Waals surface area (Å²) in [7, 11) is 0. The molecule has 1 saturated heterocycles. The molecule has 0 atom stereocenters. The van der Waals surface area contributed by atoms with Gasteiger partial charge in [-0.2, -0.15) is 0 Å². The molecule has 6 nitrogen and oxygen atoms in total. The Bertz CT molecular complexity index is 456. The van der Waals surface area contributed by atoms with Crippen molar-refractivity contribution in [2.75, 3.05) is 39.3 Å². The third-order valence-corrected chi connectivity index (χ3v) is 3.30. The van der Waals surface area contributed by atoms with Gasteiger partial charge in [0, 0.05) is 38.3 Å². The summed E-state index contributed by atoms with van der Waals surface area (Å²) in [6.45, 7) is 3.41. The number of hydrogen-bond acceptors (Lipinski definition) is 5. The third-order valence-electron chi connectivity index (χ3n) is 3.30. The highest BCUT2D eigenvalue weighted by Crippen LogP contribution is 2.25. The number of rotatable bonds is 3. The van der Waals surface area contributed by atoms with Gasteiger partial charge in [0.15, 0.2) is 11.5 Å². The molecule has 0 bridgehead atoms. The number of β-amino-alcohol motifs (C(OH)–C–C–N with tert-alkyl or cyclic N) is 1. The Kier molecular flexibility index (Phi) is 4.24. The molecule has 19 heavy (non-hydrogen) atoms. The van der Waals surface area contributed by atoms with Crippen molar-refractivity contribution in [1.29, 1.82) is 0 Å². The normalized spacial score (nSPS) is 16.6. The van der Waals surface area contributed by atoms with E-state index in [0.29, 0.717) is 25.2 Å². The van der Waals surface area contributed by atoms with Crippen molar-refractivity contribution >= 4 is 5.91 Å². The van der Waals surface area contributed by atoms with Crippen LogP contribution in [0.5, 0.6) is 11.5 Å². The summed E-state index contributed by atoms with van der Waals surface area (Å²) in [4.78, 5) is 16.0. The summed E-state index contributed by atoms with van der Waals surface area (Å²) in [6.07, 6.45) is 0. The fourth-order valence-corrected chi connectivity index (χ4v) is 2.16. The summed E-state index contributed by atoms with van der Waals surface area (Å²) in [5.41, 5.74) is 0.367. The lowest BCUT2D eigenvalue weighted by Gasteiger charge is -2.34. The Morgan fingerprint density at radius 1 is 1.11 bits per heavy atom. The van der Waals surface area contributed by atoms with Crippen molar-refractivity contribution in [1.82, 2.24) is 9.80 Å². The van der Waals surface area contributed by atoms with Gasteiger partial charge in [-0.25, -0.2) is 0 Å². The highest BCUT2D eigenvalue weighted by molar-refractivity contribution is 5.95. The molecule has 3 N–H and O–H groups in total. The zero-order chi connectivity index (χ0) is 13.8. The molecule has 1 aromatic rings. The number of carbonyl (C=O) groups excluding carboxylic acids is 1.